The Hall–Kier alpha value is -2.11. The van der Waals surface area contributed by atoms with Crippen LogP contribution in [0.3, 0.4) is 0 Å². The van der Waals surface area contributed by atoms with E-state index in [1.165, 1.54) is 25.3 Å². The highest BCUT2D eigenvalue weighted by Crippen LogP contribution is 2.20. The fourth-order valence-corrected chi connectivity index (χ4v) is 1.89. The zero-order chi connectivity index (χ0) is 15.1. The Bertz CT molecular complexity index is 490. The summed E-state index contributed by atoms with van der Waals surface area (Å²) in [5.74, 6) is -2.42. The fraction of sp³-hybridized carbons (Fsp3) is 0.429. The quantitative estimate of drug-likeness (QED) is 0.804. The molecule has 0 saturated heterocycles. The average molecular weight is 283 g/mol. The van der Waals surface area contributed by atoms with Crippen LogP contribution in [0.5, 0.6) is 5.75 Å². The number of carbonyl (C=O) groups is 2. The second-order valence-electron chi connectivity index (χ2n) is 4.38. The maximum absolute atomic E-state index is 13.9. The van der Waals surface area contributed by atoms with E-state index in [4.69, 9.17) is 9.84 Å². The van der Waals surface area contributed by atoms with E-state index >= 15 is 0 Å². The third kappa shape index (κ3) is 4.22. The molecule has 1 aromatic carbocycles. The molecule has 0 bridgehead atoms. The topological polar surface area (TPSA) is 75.6 Å². The first kappa shape index (κ1) is 15.9. The van der Waals surface area contributed by atoms with Crippen LogP contribution in [-0.4, -0.2) is 30.1 Å². The van der Waals surface area contributed by atoms with E-state index in [1.807, 2.05) is 6.92 Å². The highest BCUT2D eigenvalue weighted by Gasteiger charge is 2.20. The Morgan fingerprint density at radius 2 is 2.15 bits per heavy atom. The van der Waals surface area contributed by atoms with Crippen LogP contribution in [0.25, 0.3) is 0 Å². The second-order valence-corrected chi connectivity index (χ2v) is 4.38. The molecule has 20 heavy (non-hydrogen) atoms. The summed E-state index contributed by atoms with van der Waals surface area (Å²) in [6.45, 7) is 1.88. The summed E-state index contributed by atoms with van der Waals surface area (Å²) in [4.78, 5) is 22.7. The summed E-state index contributed by atoms with van der Waals surface area (Å²) < 4.78 is 18.7. The second kappa shape index (κ2) is 7.47. The van der Waals surface area contributed by atoms with Gasteiger partial charge in [-0.05, 0) is 18.6 Å². The van der Waals surface area contributed by atoms with Crippen LogP contribution in [0.1, 0.15) is 36.5 Å². The molecule has 5 nitrogen and oxygen atoms in total. The van der Waals surface area contributed by atoms with Crippen molar-refractivity contribution in [2.75, 3.05) is 7.11 Å². The summed E-state index contributed by atoms with van der Waals surface area (Å²) in [6, 6.07) is 3.72. The van der Waals surface area contributed by atoms with E-state index < -0.39 is 23.7 Å². The normalized spacial score (nSPS) is 11.8. The molecule has 0 fully saturated rings. The number of amides is 1. The van der Waals surface area contributed by atoms with Gasteiger partial charge in [0.1, 0.15) is 0 Å². The molecule has 0 radical (unpaired) electrons. The first-order chi connectivity index (χ1) is 9.49. The molecule has 0 aliphatic heterocycles. The van der Waals surface area contributed by atoms with Crippen molar-refractivity contribution in [3.8, 4) is 5.75 Å². The van der Waals surface area contributed by atoms with Crippen LogP contribution in [0, 0.1) is 5.82 Å². The zero-order valence-electron chi connectivity index (χ0n) is 11.5. The van der Waals surface area contributed by atoms with Crippen molar-refractivity contribution in [3.63, 3.8) is 0 Å². The van der Waals surface area contributed by atoms with E-state index in [0.717, 1.165) is 6.42 Å². The standard InChI is InChI=1S/C14H18FNO4/c1-3-5-9(8-12(17)18)16-14(19)10-6-4-7-11(20-2)13(10)15/h4,6-7,9H,3,5,8H2,1-2H3,(H,16,19)(H,17,18). The largest absolute Gasteiger partial charge is 0.494 e. The van der Waals surface area contributed by atoms with Gasteiger partial charge in [0.2, 0.25) is 0 Å². The molecular weight excluding hydrogens is 265 g/mol. The summed E-state index contributed by atoms with van der Waals surface area (Å²) in [7, 11) is 1.31. The Morgan fingerprint density at radius 3 is 2.70 bits per heavy atom. The molecule has 1 aromatic rings. The van der Waals surface area contributed by atoms with Gasteiger partial charge < -0.3 is 15.2 Å². The Balaban J connectivity index is 2.86. The van der Waals surface area contributed by atoms with Crippen LogP contribution in [0.4, 0.5) is 4.39 Å². The van der Waals surface area contributed by atoms with Gasteiger partial charge >= 0.3 is 5.97 Å². The van der Waals surface area contributed by atoms with Gasteiger partial charge in [0, 0.05) is 6.04 Å². The van der Waals surface area contributed by atoms with Crippen molar-refractivity contribution in [1.82, 2.24) is 5.32 Å². The summed E-state index contributed by atoms with van der Waals surface area (Å²) >= 11 is 0. The van der Waals surface area contributed by atoms with Crippen LogP contribution in [0.15, 0.2) is 18.2 Å². The third-order valence-corrected chi connectivity index (χ3v) is 2.82. The number of carboxylic acids is 1. The van der Waals surface area contributed by atoms with E-state index in [1.54, 1.807) is 0 Å². The Morgan fingerprint density at radius 1 is 1.45 bits per heavy atom. The Kier molecular flexibility index (Phi) is 5.96. The molecule has 1 atom stereocenters. The number of ether oxygens (including phenoxy) is 1. The van der Waals surface area contributed by atoms with Gasteiger partial charge in [-0.1, -0.05) is 19.4 Å². The molecule has 0 spiro atoms. The minimum Gasteiger partial charge on any atom is -0.494 e. The highest BCUT2D eigenvalue weighted by atomic mass is 19.1. The first-order valence-electron chi connectivity index (χ1n) is 6.34. The number of nitrogens with one attached hydrogen (secondary N) is 1. The molecule has 0 heterocycles. The minimum atomic E-state index is -1.00. The number of hydrogen-bond donors (Lipinski definition) is 2. The first-order valence-corrected chi connectivity index (χ1v) is 6.34. The van der Waals surface area contributed by atoms with Crippen LogP contribution >= 0.6 is 0 Å². The lowest BCUT2D eigenvalue weighted by atomic mass is 10.1. The van der Waals surface area contributed by atoms with Gasteiger partial charge in [-0.3, -0.25) is 9.59 Å². The van der Waals surface area contributed by atoms with E-state index in [9.17, 15) is 14.0 Å². The van der Waals surface area contributed by atoms with E-state index in [-0.39, 0.29) is 17.7 Å². The van der Waals surface area contributed by atoms with Gasteiger partial charge in [-0.25, -0.2) is 4.39 Å². The van der Waals surface area contributed by atoms with Gasteiger partial charge in [0.15, 0.2) is 11.6 Å². The number of aliphatic carboxylic acids is 1. The van der Waals surface area contributed by atoms with E-state index in [0.29, 0.717) is 6.42 Å². The molecule has 1 amide bonds. The van der Waals surface area contributed by atoms with Gasteiger partial charge in [-0.2, -0.15) is 0 Å². The van der Waals surface area contributed by atoms with E-state index in [2.05, 4.69) is 5.32 Å². The maximum atomic E-state index is 13.9. The van der Waals surface area contributed by atoms with Crippen molar-refractivity contribution in [2.45, 2.75) is 32.2 Å². The molecule has 0 aromatic heterocycles. The fourth-order valence-electron chi connectivity index (χ4n) is 1.89. The Labute approximate surface area is 116 Å². The zero-order valence-corrected chi connectivity index (χ0v) is 11.5. The molecule has 0 aliphatic carbocycles. The predicted octanol–water partition coefficient (Wildman–Crippen LogP) is 2.21. The smallest absolute Gasteiger partial charge is 0.305 e. The van der Waals surface area contributed by atoms with Gasteiger partial charge in [0.05, 0.1) is 19.1 Å². The highest BCUT2D eigenvalue weighted by molar-refractivity contribution is 5.95. The maximum Gasteiger partial charge on any atom is 0.305 e. The molecule has 2 N–H and O–H groups in total. The summed E-state index contributed by atoms with van der Waals surface area (Å²) in [6.07, 6.45) is 1.05. The van der Waals surface area contributed by atoms with Gasteiger partial charge in [0.25, 0.3) is 5.91 Å². The lowest BCUT2D eigenvalue weighted by Crippen LogP contribution is -2.36. The lowest BCUT2D eigenvalue weighted by molar-refractivity contribution is -0.137. The number of rotatable bonds is 7. The van der Waals surface area contributed by atoms with Crippen LogP contribution in [0.2, 0.25) is 0 Å². The monoisotopic (exact) mass is 283 g/mol. The molecule has 6 heteroatoms. The molecule has 0 saturated carbocycles. The lowest BCUT2D eigenvalue weighted by Gasteiger charge is -2.16. The van der Waals surface area contributed by atoms with Crippen molar-refractivity contribution in [1.29, 1.82) is 0 Å². The van der Waals surface area contributed by atoms with Crippen molar-refractivity contribution in [2.24, 2.45) is 0 Å². The minimum absolute atomic E-state index is 0.0251. The van der Waals surface area contributed by atoms with Crippen LogP contribution in [-0.2, 0) is 4.79 Å². The SMILES string of the molecule is CCCC(CC(=O)O)NC(=O)c1cccc(OC)c1F. The number of methoxy groups -OCH3 is 1. The van der Waals surface area contributed by atoms with Crippen molar-refractivity contribution in [3.05, 3.63) is 29.6 Å². The number of benzene rings is 1. The third-order valence-electron chi connectivity index (χ3n) is 2.82. The molecule has 1 rings (SSSR count). The van der Waals surface area contributed by atoms with Gasteiger partial charge in [-0.15, -0.1) is 0 Å². The van der Waals surface area contributed by atoms with Crippen LogP contribution < -0.4 is 10.1 Å². The number of carbonyl (C=O) groups excluding carboxylic acids is 1. The average Bonchev–Trinajstić information content (AvgIpc) is 2.38. The van der Waals surface area contributed by atoms with Crippen molar-refractivity contribution < 1.29 is 23.8 Å². The van der Waals surface area contributed by atoms with Crippen molar-refractivity contribution >= 4 is 11.9 Å². The molecule has 0 aliphatic rings. The number of halogens is 1. The molecule has 110 valence electrons. The number of carboxylic acid groups (broad SMARTS) is 1. The predicted molar refractivity (Wildman–Crippen MR) is 71.4 cm³/mol. The molecular formula is C14H18FNO4. The summed E-state index contributed by atoms with van der Waals surface area (Å²) in [5.41, 5.74) is -0.157. The molecule has 1 unspecified atom stereocenters. The summed E-state index contributed by atoms with van der Waals surface area (Å²) in [5, 5.41) is 11.3. The number of hydrogen-bond acceptors (Lipinski definition) is 3.